The zero-order chi connectivity index (χ0) is 20.7. The molecule has 1 heterocycles. The standard InChI is InChI=1S/C17H19F3N4O3S/c1-23(9-12-4-7-28-11-12)10-16(25)22-6-5-21-14-3-2-13(17(18,19)20)8-15(14)24(26)27/h2-4,7-8,11,21H,5-6,9-10H2,1H3,(H,22,25). The van der Waals surface area contributed by atoms with Crippen molar-refractivity contribution in [3.63, 3.8) is 0 Å². The molecule has 0 aliphatic rings. The highest BCUT2D eigenvalue weighted by Crippen LogP contribution is 2.34. The average molecular weight is 416 g/mol. The summed E-state index contributed by atoms with van der Waals surface area (Å²) in [5, 5.41) is 20.3. The summed E-state index contributed by atoms with van der Waals surface area (Å²) < 4.78 is 38.1. The van der Waals surface area contributed by atoms with Crippen LogP contribution in [-0.4, -0.2) is 42.4 Å². The summed E-state index contributed by atoms with van der Waals surface area (Å²) in [5.41, 5.74) is -0.693. The molecule has 0 radical (unpaired) electrons. The van der Waals surface area contributed by atoms with E-state index >= 15 is 0 Å². The van der Waals surface area contributed by atoms with E-state index in [-0.39, 0.29) is 31.2 Å². The Bertz CT molecular complexity index is 812. The number of amides is 1. The Hall–Kier alpha value is -2.66. The van der Waals surface area contributed by atoms with E-state index in [4.69, 9.17) is 0 Å². The van der Waals surface area contributed by atoms with Crippen LogP contribution in [0.15, 0.2) is 35.0 Å². The maximum atomic E-state index is 12.7. The first-order valence-corrected chi connectivity index (χ1v) is 9.17. The molecule has 1 amide bonds. The molecule has 0 atom stereocenters. The number of benzene rings is 1. The molecule has 0 spiro atoms. The van der Waals surface area contributed by atoms with Crippen LogP contribution in [0.5, 0.6) is 0 Å². The maximum Gasteiger partial charge on any atom is 0.416 e. The molecule has 0 unspecified atom stereocenters. The lowest BCUT2D eigenvalue weighted by molar-refractivity contribution is -0.384. The largest absolute Gasteiger partial charge is 0.416 e. The van der Waals surface area contributed by atoms with E-state index in [1.54, 1.807) is 18.4 Å². The molecule has 2 N–H and O–H groups in total. The van der Waals surface area contributed by atoms with Crippen molar-refractivity contribution in [1.82, 2.24) is 10.2 Å². The SMILES string of the molecule is CN(CC(=O)NCCNc1ccc(C(F)(F)F)cc1[N+](=O)[O-])Cc1ccsc1. The van der Waals surface area contributed by atoms with Gasteiger partial charge >= 0.3 is 6.18 Å². The number of halogens is 3. The van der Waals surface area contributed by atoms with E-state index in [2.05, 4.69) is 10.6 Å². The second-order valence-corrected chi connectivity index (χ2v) is 6.85. The Balaban J connectivity index is 1.81. The first-order chi connectivity index (χ1) is 13.2. The lowest BCUT2D eigenvalue weighted by atomic mass is 10.1. The van der Waals surface area contributed by atoms with Gasteiger partial charge in [-0.1, -0.05) is 0 Å². The second kappa shape index (κ2) is 9.51. The van der Waals surface area contributed by atoms with Crippen LogP contribution in [0, 0.1) is 10.1 Å². The number of hydrogen-bond acceptors (Lipinski definition) is 6. The summed E-state index contributed by atoms with van der Waals surface area (Å²) in [7, 11) is 1.81. The first kappa shape index (κ1) is 21.6. The lowest BCUT2D eigenvalue weighted by Crippen LogP contribution is -2.37. The summed E-state index contributed by atoms with van der Waals surface area (Å²) in [6.45, 7) is 1.11. The molecule has 0 saturated heterocycles. The van der Waals surface area contributed by atoms with E-state index in [9.17, 15) is 28.1 Å². The van der Waals surface area contributed by atoms with E-state index in [0.29, 0.717) is 12.6 Å². The Kier molecular flexibility index (Phi) is 7.35. The van der Waals surface area contributed by atoms with Crippen molar-refractivity contribution in [1.29, 1.82) is 0 Å². The minimum Gasteiger partial charge on any atom is -0.378 e. The van der Waals surface area contributed by atoms with Gasteiger partial charge in [-0.15, -0.1) is 0 Å². The summed E-state index contributed by atoms with van der Waals surface area (Å²) in [6.07, 6.45) is -4.66. The minimum absolute atomic E-state index is 0.0400. The number of likely N-dealkylation sites (N-methyl/N-ethyl adjacent to an activating group) is 1. The predicted molar refractivity (Wildman–Crippen MR) is 100 cm³/mol. The number of carbonyl (C=O) groups is 1. The van der Waals surface area contributed by atoms with E-state index < -0.39 is 22.4 Å². The molecule has 7 nitrogen and oxygen atoms in total. The Morgan fingerprint density at radius 2 is 2.04 bits per heavy atom. The molecule has 152 valence electrons. The molecule has 0 aliphatic carbocycles. The number of nitro benzene ring substituents is 1. The van der Waals surface area contributed by atoms with Crippen molar-refractivity contribution in [3.8, 4) is 0 Å². The number of alkyl halides is 3. The Morgan fingerprint density at radius 3 is 2.64 bits per heavy atom. The van der Waals surface area contributed by atoms with Gasteiger partial charge < -0.3 is 10.6 Å². The number of anilines is 1. The monoisotopic (exact) mass is 416 g/mol. The Labute approximate surface area is 163 Å². The summed E-state index contributed by atoms with van der Waals surface area (Å²) in [5.74, 6) is -0.221. The number of nitrogens with one attached hydrogen (secondary N) is 2. The third-order valence-corrected chi connectivity index (χ3v) is 4.46. The van der Waals surface area contributed by atoms with Crippen LogP contribution in [0.1, 0.15) is 11.1 Å². The summed E-state index contributed by atoms with van der Waals surface area (Å²) in [6, 6.07) is 4.24. The van der Waals surface area contributed by atoms with Crippen molar-refractivity contribution >= 4 is 28.6 Å². The number of rotatable bonds is 9. The highest BCUT2D eigenvalue weighted by Gasteiger charge is 2.32. The fourth-order valence-corrected chi connectivity index (χ4v) is 3.12. The van der Waals surface area contributed by atoms with Crippen LogP contribution < -0.4 is 10.6 Å². The lowest BCUT2D eigenvalue weighted by Gasteiger charge is -2.16. The second-order valence-electron chi connectivity index (χ2n) is 6.07. The van der Waals surface area contributed by atoms with Gasteiger partial charge in [0.15, 0.2) is 0 Å². The van der Waals surface area contributed by atoms with Crippen LogP contribution in [0.25, 0.3) is 0 Å². The highest BCUT2D eigenvalue weighted by atomic mass is 32.1. The number of carbonyl (C=O) groups excluding carboxylic acids is 1. The quantitative estimate of drug-likeness (QED) is 0.372. The summed E-state index contributed by atoms with van der Waals surface area (Å²) in [4.78, 5) is 23.9. The molecule has 0 saturated carbocycles. The van der Waals surface area contributed by atoms with Crippen molar-refractivity contribution in [2.24, 2.45) is 0 Å². The van der Waals surface area contributed by atoms with Crippen LogP contribution in [0.3, 0.4) is 0 Å². The topological polar surface area (TPSA) is 87.5 Å². The van der Waals surface area contributed by atoms with Crippen molar-refractivity contribution in [3.05, 3.63) is 56.3 Å². The van der Waals surface area contributed by atoms with Gasteiger partial charge in [0.1, 0.15) is 5.69 Å². The fourth-order valence-electron chi connectivity index (χ4n) is 2.46. The molecular weight excluding hydrogens is 397 g/mol. The first-order valence-electron chi connectivity index (χ1n) is 8.22. The van der Waals surface area contributed by atoms with Crippen LogP contribution in [0.2, 0.25) is 0 Å². The molecule has 1 aromatic carbocycles. The van der Waals surface area contributed by atoms with Gasteiger partial charge in [-0.3, -0.25) is 19.8 Å². The van der Waals surface area contributed by atoms with Gasteiger partial charge in [0.25, 0.3) is 5.69 Å². The molecule has 28 heavy (non-hydrogen) atoms. The predicted octanol–water partition coefficient (Wildman–Crippen LogP) is 3.34. The third kappa shape index (κ3) is 6.50. The highest BCUT2D eigenvalue weighted by molar-refractivity contribution is 7.07. The van der Waals surface area contributed by atoms with Crippen molar-refractivity contribution in [2.45, 2.75) is 12.7 Å². The number of thiophene rings is 1. The van der Waals surface area contributed by atoms with Gasteiger partial charge in [-0.05, 0) is 41.6 Å². The molecule has 2 aromatic rings. The zero-order valence-corrected chi connectivity index (χ0v) is 15.8. The molecule has 11 heteroatoms. The van der Waals surface area contributed by atoms with Gasteiger partial charge in [-0.25, -0.2) is 0 Å². The number of nitro groups is 1. The van der Waals surface area contributed by atoms with Gasteiger partial charge in [0, 0.05) is 25.7 Å². The molecule has 0 fully saturated rings. The average Bonchev–Trinajstić information content (AvgIpc) is 3.10. The number of nitrogens with zero attached hydrogens (tertiary/aromatic N) is 2. The van der Waals surface area contributed by atoms with E-state index in [1.165, 1.54) is 0 Å². The van der Waals surface area contributed by atoms with Gasteiger partial charge in [-0.2, -0.15) is 24.5 Å². The van der Waals surface area contributed by atoms with E-state index in [1.807, 2.05) is 21.7 Å². The molecule has 0 aliphatic heterocycles. The summed E-state index contributed by atoms with van der Waals surface area (Å²) >= 11 is 1.57. The maximum absolute atomic E-state index is 12.7. The van der Waals surface area contributed by atoms with Gasteiger partial charge in [0.2, 0.25) is 5.91 Å². The minimum atomic E-state index is -4.66. The fraction of sp³-hybridized carbons (Fsp3) is 0.353. The smallest absolute Gasteiger partial charge is 0.378 e. The van der Waals surface area contributed by atoms with Crippen LogP contribution >= 0.6 is 11.3 Å². The van der Waals surface area contributed by atoms with Gasteiger partial charge in [0.05, 0.1) is 17.0 Å². The van der Waals surface area contributed by atoms with Crippen LogP contribution in [0.4, 0.5) is 24.5 Å². The van der Waals surface area contributed by atoms with E-state index in [0.717, 1.165) is 17.7 Å². The molecule has 0 bridgehead atoms. The normalized spacial score (nSPS) is 11.5. The third-order valence-electron chi connectivity index (χ3n) is 3.73. The van der Waals surface area contributed by atoms with Crippen LogP contribution in [-0.2, 0) is 17.5 Å². The number of hydrogen-bond donors (Lipinski definition) is 2. The Morgan fingerprint density at radius 1 is 1.29 bits per heavy atom. The molecule has 2 rings (SSSR count). The van der Waals surface area contributed by atoms with Crippen molar-refractivity contribution < 1.29 is 22.9 Å². The molecular formula is C17H19F3N4O3S. The molecule has 1 aromatic heterocycles. The zero-order valence-electron chi connectivity index (χ0n) is 15.0. The van der Waals surface area contributed by atoms with Crippen molar-refractivity contribution in [2.75, 3.05) is 32.0 Å².